The van der Waals surface area contributed by atoms with Gasteiger partial charge in [-0.1, -0.05) is 0 Å². The van der Waals surface area contributed by atoms with Crippen LogP contribution in [0, 0.1) is 6.92 Å². The zero-order valence-corrected chi connectivity index (χ0v) is 14.7. The molecule has 0 saturated carbocycles. The molecule has 1 N–H and O–H groups in total. The van der Waals surface area contributed by atoms with E-state index in [4.69, 9.17) is 9.47 Å². The number of aryl methyl sites for hydroxylation is 1. The van der Waals surface area contributed by atoms with Gasteiger partial charge in [-0.3, -0.25) is 4.79 Å². The van der Waals surface area contributed by atoms with Gasteiger partial charge in [-0.25, -0.2) is 0 Å². The van der Waals surface area contributed by atoms with Crippen molar-refractivity contribution in [2.24, 2.45) is 0 Å². The van der Waals surface area contributed by atoms with Crippen molar-refractivity contribution in [1.82, 2.24) is 8.75 Å². The van der Waals surface area contributed by atoms with Gasteiger partial charge in [-0.05, 0) is 55.5 Å². The van der Waals surface area contributed by atoms with Gasteiger partial charge in [0.15, 0.2) is 0 Å². The van der Waals surface area contributed by atoms with Gasteiger partial charge >= 0.3 is 0 Å². The highest BCUT2D eigenvalue weighted by atomic mass is 32.1. The molecule has 1 heterocycles. The Bertz CT molecular complexity index is 845. The van der Waals surface area contributed by atoms with Crippen LogP contribution >= 0.6 is 11.7 Å². The molecule has 25 heavy (non-hydrogen) atoms. The molecule has 6 nitrogen and oxygen atoms in total. The largest absolute Gasteiger partial charge is 0.497 e. The second kappa shape index (κ2) is 7.76. The number of rotatable bonds is 6. The Labute approximate surface area is 149 Å². The third kappa shape index (κ3) is 4.33. The highest BCUT2D eigenvalue weighted by Crippen LogP contribution is 2.18. The van der Waals surface area contributed by atoms with Gasteiger partial charge in [-0.15, -0.1) is 0 Å². The molecule has 0 spiro atoms. The summed E-state index contributed by atoms with van der Waals surface area (Å²) in [5.74, 6) is 1.23. The smallest absolute Gasteiger partial charge is 0.255 e. The minimum absolute atomic E-state index is 0.184. The molecular weight excluding hydrogens is 338 g/mol. The molecule has 2 aromatic carbocycles. The summed E-state index contributed by atoms with van der Waals surface area (Å²) in [5, 5.41) is 2.84. The van der Waals surface area contributed by atoms with Gasteiger partial charge < -0.3 is 14.8 Å². The molecule has 0 radical (unpaired) electrons. The van der Waals surface area contributed by atoms with Crippen molar-refractivity contribution in [3.05, 3.63) is 65.5 Å². The van der Waals surface area contributed by atoms with Gasteiger partial charge in [0.1, 0.15) is 23.8 Å². The number of hydrogen-bond acceptors (Lipinski definition) is 6. The van der Waals surface area contributed by atoms with Crippen LogP contribution in [-0.2, 0) is 6.61 Å². The minimum atomic E-state index is -0.184. The van der Waals surface area contributed by atoms with E-state index < -0.39 is 0 Å². The van der Waals surface area contributed by atoms with Crippen molar-refractivity contribution < 1.29 is 14.3 Å². The Morgan fingerprint density at radius 2 is 1.72 bits per heavy atom. The summed E-state index contributed by atoms with van der Waals surface area (Å²) in [6.07, 6.45) is 0. The first-order chi connectivity index (χ1) is 12.2. The summed E-state index contributed by atoms with van der Waals surface area (Å²) in [6, 6.07) is 14.1. The van der Waals surface area contributed by atoms with Gasteiger partial charge in [0.25, 0.3) is 5.91 Å². The van der Waals surface area contributed by atoms with Crippen molar-refractivity contribution in [3.63, 3.8) is 0 Å². The fourth-order valence-corrected chi connectivity index (χ4v) is 2.66. The molecule has 0 unspecified atom stereocenters. The lowest BCUT2D eigenvalue weighted by atomic mass is 10.2. The van der Waals surface area contributed by atoms with E-state index >= 15 is 0 Å². The number of amides is 1. The first-order valence-electron chi connectivity index (χ1n) is 7.62. The van der Waals surface area contributed by atoms with Crippen LogP contribution in [0.25, 0.3) is 0 Å². The van der Waals surface area contributed by atoms with E-state index in [1.165, 1.54) is 11.7 Å². The van der Waals surface area contributed by atoms with Crippen molar-refractivity contribution in [2.45, 2.75) is 13.5 Å². The topological polar surface area (TPSA) is 73.3 Å². The average molecular weight is 355 g/mol. The number of carbonyl (C=O) groups is 1. The van der Waals surface area contributed by atoms with E-state index in [1.54, 1.807) is 55.6 Å². The predicted molar refractivity (Wildman–Crippen MR) is 96.4 cm³/mol. The summed E-state index contributed by atoms with van der Waals surface area (Å²) in [6.45, 7) is 2.26. The van der Waals surface area contributed by atoms with E-state index in [1.807, 2.05) is 6.92 Å². The Morgan fingerprint density at radius 1 is 1.04 bits per heavy atom. The number of carbonyl (C=O) groups excluding carboxylic acids is 1. The lowest BCUT2D eigenvalue weighted by Gasteiger charge is -2.08. The molecule has 0 aliphatic carbocycles. The number of hydrogen-bond donors (Lipinski definition) is 1. The maximum Gasteiger partial charge on any atom is 0.255 e. The van der Waals surface area contributed by atoms with Crippen molar-refractivity contribution >= 4 is 23.3 Å². The summed E-state index contributed by atoms with van der Waals surface area (Å²) in [7, 11) is 1.60. The van der Waals surface area contributed by atoms with Crippen molar-refractivity contribution in [2.75, 3.05) is 12.4 Å². The first kappa shape index (κ1) is 16.9. The molecule has 3 rings (SSSR count). The maximum atomic E-state index is 12.3. The molecule has 7 heteroatoms. The molecular formula is C18H17N3O3S. The SMILES string of the molecule is COc1ccc(NC(=O)c2ccc(OCc3nsnc3C)cc2)cc1. The van der Waals surface area contributed by atoms with Crippen LogP contribution in [0.4, 0.5) is 5.69 Å². The molecule has 128 valence electrons. The molecule has 0 atom stereocenters. The van der Waals surface area contributed by atoms with Crippen LogP contribution in [0.5, 0.6) is 11.5 Å². The number of aromatic nitrogens is 2. The maximum absolute atomic E-state index is 12.3. The Kier molecular flexibility index (Phi) is 5.25. The standard InChI is InChI=1S/C18H17N3O3S/c1-12-17(21-25-20-12)11-24-16-7-3-13(4-8-16)18(22)19-14-5-9-15(23-2)10-6-14/h3-10H,11H2,1-2H3,(H,19,22). The van der Waals surface area contributed by atoms with Crippen LogP contribution < -0.4 is 14.8 Å². The highest BCUT2D eigenvalue weighted by molar-refractivity contribution is 6.99. The summed E-state index contributed by atoms with van der Waals surface area (Å²) in [5.41, 5.74) is 2.96. The van der Waals surface area contributed by atoms with Crippen LogP contribution in [0.3, 0.4) is 0 Å². The van der Waals surface area contributed by atoms with Crippen LogP contribution in [-0.4, -0.2) is 21.8 Å². The molecule has 1 amide bonds. The monoisotopic (exact) mass is 355 g/mol. The molecule has 0 aliphatic heterocycles. The molecule has 0 bridgehead atoms. The van der Waals surface area contributed by atoms with Gasteiger partial charge in [-0.2, -0.15) is 8.75 Å². The molecule has 0 fully saturated rings. The normalized spacial score (nSPS) is 10.3. The van der Waals surface area contributed by atoms with Crippen molar-refractivity contribution in [3.8, 4) is 11.5 Å². The third-order valence-electron chi connectivity index (χ3n) is 3.59. The van der Waals surface area contributed by atoms with Crippen LogP contribution in [0.1, 0.15) is 21.7 Å². The third-order valence-corrected chi connectivity index (χ3v) is 4.24. The molecule has 1 aromatic heterocycles. The quantitative estimate of drug-likeness (QED) is 0.730. The first-order valence-corrected chi connectivity index (χ1v) is 8.35. The van der Waals surface area contributed by atoms with Crippen molar-refractivity contribution in [1.29, 1.82) is 0 Å². The molecule has 0 saturated heterocycles. The number of nitrogens with zero attached hydrogens (tertiary/aromatic N) is 2. The van der Waals surface area contributed by atoms with E-state index in [0.717, 1.165) is 17.1 Å². The molecule has 3 aromatic rings. The number of anilines is 1. The fraction of sp³-hybridized carbons (Fsp3) is 0.167. The lowest BCUT2D eigenvalue weighted by molar-refractivity contribution is 0.102. The summed E-state index contributed by atoms with van der Waals surface area (Å²) >= 11 is 1.17. The summed E-state index contributed by atoms with van der Waals surface area (Å²) < 4.78 is 19.0. The number of ether oxygens (including phenoxy) is 2. The second-order valence-corrected chi connectivity index (χ2v) is 5.82. The zero-order valence-electron chi connectivity index (χ0n) is 13.9. The minimum Gasteiger partial charge on any atom is -0.497 e. The van der Waals surface area contributed by atoms with Gasteiger partial charge in [0.2, 0.25) is 0 Å². The Hall–Kier alpha value is -2.93. The lowest BCUT2D eigenvalue weighted by Crippen LogP contribution is -2.11. The number of benzene rings is 2. The summed E-state index contributed by atoms with van der Waals surface area (Å²) in [4.78, 5) is 12.3. The van der Waals surface area contributed by atoms with Gasteiger partial charge in [0, 0.05) is 11.3 Å². The Balaban J connectivity index is 1.59. The van der Waals surface area contributed by atoms with Crippen LogP contribution in [0.15, 0.2) is 48.5 Å². The average Bonchev–Trinajstić information content (AvgIpc) is 3.06. The van der Waals surface area contributed by atoms with E-state index in [9.17, 15) is 4.79 Å². The number of nitrogens with one attached hydrogen (secondary N) is 1. The van der Waals surface area contributed by atoms with Crippen LogP contribution in [0.2, 0.25) is 0 Å². The van der Waals surface area contributed by atoms with E-state index in [-0.39, 0.29) is 5.91 Å². The van der Waals surface area contributed by atoms with E-state index in [0.29, 0.717) is 23.6 Å². The predicted octanol–water partition coefficient (Wildman–Crippen LogP) is 3.69. The number of methoxy groups -OCH3 is 1. The second-order valence-electron chi connectivity index (χ2n) is 5.29. The Morgan fingerprint density at radius 3 is 2.32 bits per heavy atom. The highest BCUT2D eigenvalue weighted by Gasteiger charge is 2.08. The van der Waals surface area contributed by atoms with Gasteiger partial charge in [0.05, 0.1) is 24.5 Å². The molecule has 0 aliphatic rings. The fourth-order valence-electron chi connectivity index (χ4n) is 2.11. The van der Waals surface area contributed by atoms with E-state index in [2.05, 4.69) is 14.1 Å². The zero-order chi connectivity index (χ0) is 17.6.